The van der Waals surface area contributed by atoms with Gasteiger partial charge in [-0.05, 0) is 49.7 Å². The minimum absolute atomic E-state index is 0.109. The molecule has 0 bridgehead atoms. The van der Waals surface area contributed by atoms with Crippen LogP contribution < -0.4 is 15.5 Å². The number of fused-ring (bicyclic) bond motifs is 2. The molecule has 2 atom stereocenters. The van der Waals surface area contributed by atoms with Gasteiger partial charge in [0.05, 0.1) is 21.2 Å². The Kier molecular flexibility index (Phi) is 4.50. The number of halogens is 3. The van der Waals surface area contributed by atoms with Gasteiger partial charge in [0.2, 0.25) is 0 Å². The van der Waals surface area contributed by atoms with E-state index < -0.39 is 5.82 Å². The highest BCUT2D eigenvalue weighted by Gasteiger charge is 2.37. The summed E-state index contributed by atoms with van der Waals surface area (Å²) in [5.74, 6) is -0.0686. The summed E-state index contributed by atoms with van der Waals surface area (Å²) < 4.78 is 14.5. The Morgan fingerprint density at radius 3 is 2.93 bits per heavy atom. The van der Waals surface area contributed by atoms with Gasteiger partial charge in [-0.1, -0.05) is 23.2 Å². The number of hydrogen-bond donors (Lipinski definition) is 2. The fourth-order valence-electron chi connectivity index (χ4n) is 4.26. The topological polar surface area (TPSA) is 53.1 Å². The van der Waals surface area contributed by atoms with Crippen LogP contribution in [-0.2, 0) is 0 Å². The molecule has 0 radical (unpaired) electrons. The lowest BCUT2D eigenvalue weighted by Gasteiger charge is -2.26. The summed E-state index contributed by atoms with van der Waals surface area (Å²) in [7, 11) is 0. The molecule has 0 aliphatic carbocycles. The van der Waals surface area contributed by atoms with Gasteiger partial charge in [-0.3, -0.25) is 0 Å². The third kappa shape index (κ3) is 2.96. The van der Waals surface area contributed by atoms with Gasteiger partial charge in [-0.15, -0.1) is 0 Å². The summed E-state index contributed by atoms with van der Waals surface area (Å²) in [6.45, 7) is 2.08. The van der Waals surface area contributed by atoms with E-state index >= 15 is 0 Å². The van der Waals surface area contributed by atoms with Crippen molar-refractivity contribution in [2.45, 2.75) is 24.9 Å². The summed E-state index contributed by atoms with van der Waals surface area (Å²) in [6.07, 6.45) is 3.76. The molecule has 2 fully saturated rings. The maximum absolute atomic E-state index is 14.5. The smallest absolute Gasteiger partial charge is 0.166 e. The van der Waals surface area contributed by atoms with E-state index in [9.17, 15) is 4.39 Å². The van der Waals surface area contributed by atoms with Gasteiger partial charge in [-0.25, -0.2) is 14.4 Å². The Morgan fingerprint density at radius 2 is 2.04 bits per heavy atom. The van der Waals surface area contributed by atoms with Crippen molar-refractivity contribution in [3.05, 3.63) is 52.5 Å². The Balaban J connectivity index is 1.54. The molecule has 2 aliphatic rings. The summed E-state index contributed by atoms with van der Waals surface area (Å²) in [5.41, 5.74) is 2.15. The van der Waals surface area contributed by atoms with Crippen LogP contribution in [-0.4, -0.2) is 35.1 Å². The first-order chi connectivity index (χ1) is 13.6. The molecule has 0 amide bonds. The maximum Gasteiger partial charge on any atom is 0.166 e. The third-order valence-corrected chi connectivity index (χ3v) is 6.41. The second-order valence-corrected chi connectivity index (χ2v) is 7.96. The number of anilines is 3. The summed E-state index contributed by atoms with van der Waals surface area (Å²) in [5, 5.41) is 7.52. The van der Waals surface area contributed by atoms with Gasteiger partial charge >= 0.3 is 0 Å². The van der Waals surface area contributed by atoms with Crippen molar-refractivity contribution in [1.82, 2.24) is 15.3 Å². The van der Waals surface area contributed by atoms with Crippen LogP contribution in [0.4, 0.5) is 21.6 Å². The van der Waals surface area contributed by atoms with Crippen LogP contribution in [0.15, 0.2) is 36.7 Å². The number of rotatable bonds is 3. The number of hydrogen-bond acceptors (Lipinski definition) is 5. The van der Waals surface area contributed by atoms with Gasteiger partial charge in [0.15, 0.2) is 5.82 Å². The van der Waals surface area contributed by atoms with Gasteiger partial charge < -0.3 is 15.5 Å². The molecule has 3 heterocycles. The van der Waals surface area contributed by atoms with Crippen LogP contribution in [0, 0.1) is 5.82 Å². The summed E-state index contributed by atoms with van der Waals surface area (Å²) in [6, 6.07) is 10.3. The predicted molar refractivity (Wildman–Crippen MR) is 111 cm³/mol. The SMILES string of the molecule is Fc1c(Nc2ncnc3ccc(N4CCC5NCCC54)cc23)ccc(Cl)c1Cl. The zero-order chi connectivity index (χ0) is 19.3. The van der Waals surface area contributed by atoms with Crippen LogP contribution in [0.2, 0.25) is 10.0 Å². The van der Waals surface area contributed by atoms with Crippen LogP contribution >= 0.6 is 23.2 Å². The number of nitrogens with zero attached hydrogens (tertiary/aromatic N) is 3. The average Bonchev–Trinajstić information content (AvgIpc) is 3.32. The summed E-state index contributed by atoms with van der Waals surface area (Å²) in [4.78, 5) is 11.1. The van der Waals surface area contributed by atoms with Crippen LogP contribution in [0.5, 0.6) is 0 Å². The third-order valence-electron chi connectivity index (χ3n) is 5.63. The first-order valence-electron chi connectivity index (χ1n) is 9.27. The maximum atomic E-state index is 14.5. The largest absolute Gasteiger partial charge is 0.367 e. The van der Waals surface area contributed by atoms with Crippen molar-refractivity contribution in [2.75, 3.05) is 23.3 Å². The lowest BCUT2D eigenvalue weighted by molar-refractivity contribution is 0.601. The molecule has 3 aromatic rings. The molecule has 144 valence electrons. The van der Waals surface area contributed by atoms with E-state index in [0.29, 0.717) is 17.9 Å². The Labute approximate surface area is 171 Å². The zero-order valence-corrected chi connectivity index (χ0v) is 16.4. The average molecular weight is 418 g/mol. The zero-order valence-electron chi connectivity index (χ0n) is 14.9. The van der Waals surface area contributed by atoms with Crippen molar-refractivity contribution >= 4 is 51.3 Å². The highest BCUT2D eigenvalue weighted by molar-refractivity contribution is 6.42. The predicted octanol–water partition coefficient (Wildman–Crippen LogP) is 4.76. The molecule has 28 heavy (non-hydrogen) atoms. The molecule has 0 spiro atoms. The van der Waals surface area contributed by atoms with E-state index in [0.717, 1.165) is 42.5 Å². The van der Waals surface area contributed by atoms with Crippen molar-refractivity contribution in [1.29, 1.82) is 0 Å². The fraction of sp³-hybridized carbons (Fsp3) is 0.300. The van der Waals surface area contributed by atoms with Crippen LogP contribution in [0.25, 0.3) is 10.9 Å². The molecular weight excluding hydrogens is 400 g/mol. The molecule has 8 heteroatoms. The van der Waals surface area contributed by atoms with E-state index in [-0.39, 0.29) is 15.7 Å². The first-order valence-corrected chi connectivity index (χ1v) is 10.0. The number of nitrogens with one attached hydrogen (secondary N) is 2. The van der Waals surface area contributed by atoms with Crippen molar-refractivity contribution in [3.8, 4) is 0 Å². The molecule has 2 unspecified atom stereocenters. The normalized spacial score (nSPS) is 21.3. The van der Waals surface area contributed by atoms with Crippen molar-refractivity contribution in [2.24, 2.45) is 0 Å². The van der Waals surface area contributed by atoms with Crippen molar-refractivity contribution < 1.29 is 4.39 Å². The quantitative estimate of drug-likeness (QED) is 0.601. The highest BCUT2D eigenvalue weighted by Crippen LogP contribution is 2.35. The van der Waals surface area contributed by atoms with E-state index in [4.69, 9.17) is 23.2 Å². The second-order valence-electron chi connectivity index (χ2n) is 7.17. The Morgan fingerprint density at radius 1 is 1.14 bits per heavy atom. The van der Waals surface area contributed by atoms with Crippen molar-refractivity contribution in [3.63, 3.8) is 0 Å². The molecule has 2 aromatic carbocycles. The minimum atomic E-state index is -0.600. The van der Waals surface area contributed by atoms with Crippen LogP contribution in [0.3, 0.4) is 0 Å². The van der Waals surface area contributed by atoms with Gasteiger partial charge in [0.25, 0.3) is 0 Å². The molecule has 1 aromatic heterocycles. The molecule has 0 saturated carbocycles. The molecule has 2 aliphatic heterocycles. The second kappa shape index (κ2) is 7.03. The van der Waals surface area contributed by atoms with Gasteiger partial charge in [-0.2, -0.15) is 0 Å². The Hall–Kier alpha value is -2.15. The standard InChI is InChI=1S/C20H18Cl2FN5/c21-13-2-4-16(19(23)18(13)22)27-20-12-9-11(1-3-14(12)25-10-26-20)28-8-6-15-17(28)5-7-24-15/h1-4,9-10,15,17,24H,5-8H2,(H,25,26,27). The number of aromatic nitrogens is 2. The lowest BCUT2D eigenvalue weighted by atomic mass is 10.1. The van der Waals surface area contributed by atoms with Gasteiger partial charge in [0, 0.05) is 29.7 Å². The molecular formula is C20H18Cl2FN5. The molecule has 2 N–H and O–H groups in total. The molecule has 5 nitrogen and oxygen atoms in total. The van der Waals surface area contributed by atoms with E-state index in [1.54, 1.807) is 12.1 Å². The summed E-state index contributed by atoms with van der Waals surface area (Å²) >= 11 is 11.8. The van der Waals surface area contributed by atoms with Crippen LogP contribution in [0.1, 0.15) is 12.8 Å². The lowest BCUT2D eigenvalue weighted by Crippen LogP contribution is -2.34. The minimum Gasteiger partial charge on any atom is -0.367 e. The van der Waals surface area contributed by atoms with Gasteiger partial charge in [0.1, 0.15) is 12.1 Å². The Bertz CT molecular complexity index is 1060. The monoisotopic (exact) mass is 417 g/mol. The fourth-order valence-corrected chi connectivity index (χ4v) is 4.57. The number of benzene rings is 2. The first kappa shape index (κ1) is 17.9. The van der Waals surface area contributed by atoms with E-state index in [1.165, 1.54) is 6.33 Å². The molecule has 2 saturated heterocycles. The molecule has 5 rings (SSSR count). The van der Waals surface area contributed by atoms with E-state index in [2.05, 4.69) is 37.6 Å². The van der Waals surface area contributed by atoms with E-state index in [1.807, 2.05) is 6.07 Å². The highest BCUT2D eigenvalue weighted by atomic mass is 35.5.